The van der Waals surface area contributed by atoms with E-state index in [-0.39, 0.29) is 12.3 Å². The van der Waals surface area contributed by atoms with E-state index in [2.05, 4.69) is 10.3 Å². The van der Waals surface area contributed by atoms with Crippen molar-refractivity contribution in [3.05, 3.63) is 57.5 Å². The Kier molecular flexibility index (Phi) is 4.08. The summed E-state index contributed by atoms with van der Waals surface area (Å²) in [6.45, 7) is 0. The lowest BCUT2D eigenvalue weighted by Gasteiger charge is -2.10. The molecule has 0 saturated carbocycles. The van der Waals surface area contributed by atoms with E-state index in [0.29, 0.717) is 27.6 Å². The first-order chi connectivity index (χ1) is 11.0. The summed E-state index contributed by atoms with van der Waals surface area (Å²) in [6.07, 6.45) is 0.138. The van der Waals surface area contributed by atoms with E-state index >= 15 is 0 Å². The second kappa shape index (κ2) is 6.18. The zero-order chi connectivity index (χ0) is 16.4. The Hall–Kier alpha value is -2.73. The van der Waals surface area contributed by atoms with E-state index in [4.69, 9.17) is 20.8 Å². The average molecular weight is 333 g/mol. The Morgan fingerprint density at radius 3 is 2.91 bits per heavy atom. The first kappa shape index (κ1) is 15.2. The minimum Gasteiger partial charge on any atom is -0.495 e. The molecule has 0 unspecified atom stereocenters. The minimum atomic E-state index is -0.523. The maximum atomic E-state index is 12.2. The molecule has 1 heterocycles. The monoisotopic (exact) mass is 332 g/mol. The van der Waals surface area contributed by atoms with Crippen molar-refractivity contribution >= 4 is 34.3 Å². The van der Waals surface area contributed by atoms with E-state index in [0.717, 1.165) is 5.56 Å². The van der Waals surface area contributed by atoms with Crippen molar-refractivity contribution < 1.29 is 13.9 Å². The minimum absolute atomic E-state index is 0.138. The third-order valence-electron chi connectivity index (χ3n) is 3.28. The molecule has 0 atom stereocenters. The Balaban J connectivity index is 1.78. The summed E-state index contributed by atoms with van der Waals surface area (Å²) in [6, 6.07) is 10.1. The molecule has 2 aromatic carbocycles. The van der Waals surface area contributed by atoms with Crippen LogP contribution in [0.2, 0.25) is 5.02 Å². The van der Waals surface area contributed by atoms with Gasteiger partial charge in [0.1, 0.15) is 5.75 Å². The van der Waals surface area contributed by atoms with Gasteiger partial charge in [-0.05, 0) is 35.9 Å². The summed E-state index contributed by atoms with van der Waals surface area (Å²) in [7, 11) is 1.52. The molecule has 1 amide bonds. The fourth-order valence-electron chi connectivity index (χ4n) is 2.27. The molecule has 0 saturated heterocycles. The van der Waals surface area contributed by atoms with E-state index in [1.54, 1.807) is 36.4 Å². The first-order valence-corrected chi connectivity index (χ1v) is 7.18. The van der Waals surface area contributed by atoms with Crippen LogP contribution >= 0.6 is 11.6 Å². The van der Waals surface area contributed by atoms with Crippen molar-refractivity contribution in [3.63, 3.8) is 0 Å². The predicted octanol–water partition coefficient (Wildman–Crippen LogP) is 2.96. The number of nitrogens with one attached hydrogen (secondary N) is 2. The van der Waals surface area contributed by atoms with Gasteiger partial charge in [-0.15, -0.1) is 0 Å². The molecule has 3 rings (SSSR count). The number of aromatic amines is 1. The van der Waals surface area contributed by atoms with E-state index in [1.807, 2.05) is 0 Å². The van der Waals surface area contributed by atoms with Gasteiger partial charge in [-0.1, -0.05) is 17.7 Å². The van der Waals surface area contributed by atoms with Crippen molar-refractivity contribution in [2.45, 2.75) is 6.42 Å². The normalized spacial score (nSPS) is 10.7. The molecule has 6 nitrogen and oxygen atoms in total. The number of anilines is 1. The topological polar surface area (TPSA) is 84.3 Å². The molecule has 23 heavy (non-hydrogen) atoms. The van der Waals surface area contributed by atoms with Crippen molar-refractivity contribution in [2.75, 3.05) is 12.4 Å². The number of carbonyl (C=O) groups excluding carboxylic acids is 1. The highest BCUT2D eigenvalue weighted by atomic mass is 35.5. The molecule has 2 N–H and O–H groups in total. The number of fused-ring (bicyclic) bond motifs is 1. The molecule has 7 heteroatoms. The van der Waals surface area contributed by atoms with Crippen molar-refractivity contribution in [1.82, 2.24) is 4.98 Å². The Morgan fingerprint density at radius 1 is 1.30 bits per heavy atom. The van der Waals surface area contributed by atoms with Crippen LogP contribution in [-0.4, -0.2) is 18.0 Å². The number of oxazole rings is 1. The fraction of sp³-hybridized carbons (Fsp3) is 0.125. The number of methoxy groups -OCH3 is 1. The molecule has 0 aliphatic rings. The second-order valence-electron chi connectivity index (χ2n) is 4.91. The summed E-state index contributed by atoms with van der Waals surface area (Å²) in [4.78, 5) is 25.9. The predicted molar refractivity (Wildman–Crippen MR) is 87.2 cm³/mol. The lowest BCUT2D eigenvalue weighted by Crippen LogP contribution is -2.15. The van der Waals surface area contributed by atoms with Crippen molar-refractivity contribution in [2.24, 2.45) is 0 Å². The average Bonchev–Trinajstić information content (AvgIpc) is 2.86. The fourth-order valence-corrected chi connectivity index (χ4v) is 2.44. The van der Waals surface area contributed by atoms with E-state index in [9.17, 15) is 9.59 Å². The maximum absolute atomic E-state index is 12.2. The Morgan fingerprint density at radius 2 is 2.13 bits per heavy atom. The molecule has 0 spiro atoms. The lowest BCUT2D eigenvalue weighted by molar-refractivity contribution is -0.115. The number of benzene rings is 2. The largest absolute Gasteiger partial charge is 0.495 e. The van der Waals surface area contributed by atoms with Crippen LogP contribution in [0.1, 0.15) is 5.56 Å². The van der Waals surface area contributed by atoms with Crippen LogP contribution < -0.4 is 15.8 Å². The molecule has 1 aromatic heterocycles. The quantitative estimate of drug-likeness (QED) is 0.769. The summed E-state index contributed by atoms with van der Waals surface area (Å²) in [5.74, 6) is -0.224. The highest BCUT2D eigenvalue weighted by Crippen LogP contribution is 2.27. The van der Waals surface area contributed by atoms with Crippen molar-refractivity contribution in [1.29, 1.82) is 0 Å². The van der Waals surface area contributed by atoms with Gasteiger partial charge in [-0.2, -0.15) is 0 Å². The molecular formula is C16H13ClN2O4. The number of aromatic nitrogens is 1. The Labute approximate surface area is 136 Å². The van der Waals surface area contributed by atoms with Crippen LogP contribution in [0.25, 0.3) is 11.1 Å². The summed E-state index contributed by atoms with van der Waals surface area (Å²) < 4.78 is 10.1. The molecule has 0 aliphatic heterocycles. The Bertz CT molecular complexity index is 929. The third-order valence-corrected chi connectivity index (χ3v) is 3.52. The zero-order valence-corrected chi connectivity index (χ0v) is 12.9. The van der Waals surface area contributed by atoms with Gasteiger partial charge in [0.25, 0.3) is 0 Å². The summed E-state index contributed by atoms with van der Waals surface area (Å²) in [5.41, 5.74) is 2.26. The number of carbonyl (C=O) groups is 1. The standard InChI is InChI=1S/C16H13ClN2O4/c1-22-13-5-3-10(17)8-12(13)18-15(20)7-9-2-4-14-11(6-9)19-16(21)23-14/h2-6,8H,7H2,1H3,(H,18,20)(H,19,21). The lowest BCUT2D eigenvalue weighted by atomic mass is 10.1. The molecule has 0 fully saturated rings. The first-order valence-electron chi connectivity index (χ1n) is 6.80. The van der Waals surface area contributed by atoms with Gasteiger partial charge in [0, 0.05) is 5.02 Å². The van der Waals surface area contributed by atoms with Gasteiger partial charge in [-0.3, -0.25) is 9.78 Å². The van der Waals surface area contributed by atoms with Crippen LogP contribution in [0.5, 0.6) is 5.75 Å². The molecule has 3 aromatic rings. The number of H-pyrrole nitrogens is 1. The van der Waals surface area contributed by atoms with Crippen LogP contribution in [0.4, 0.5) is 5.69 Å². The highest BCUT2D eigenvalue weighted by molar-refractivity contribution is 6.31. The molecule has 0 radical (unpaired) electrons. The molecule has 0 aliphatic carbocycles. The SMILES string of the molecule is COc1ccc(Cl)cc1NC(=O)Cc1ccc2oc(=O)[nH]c2c1. The van der Waals surface area contributed by atoms with Gasteiger partial charge in [0.15, 0.2) is 5.58 Å². The molecule has 118 valence electrons. The van der Waals surface area contributed by atoms with Crippen LogP contribution in [0.15, 0.2) is 45.6 Å². The third kappa shape index (κ3) is 3.37. The number of amides is 1. The smallest absolute Gasteiger partial charge is 0.417 e. The van der Waals surface area contributed by atoms with Gasteiger partial charge in [0.2, 0.25) is 5.91 Å². The van der Waals surface area contributed by atoms with E-state index < -0.39 is 5.76 Å². The van der Waals surface area contributed by atoms with E-state index in [1.165, 1.54) is 7.11 Å². The highest BCUT2D eigenvalue weighted by Gasteiger charge is 2.10. The van der Waals surface area contributed by atoms with Crippen molar-refractivity contribution in [3.8, 4) is 5.75 Å². The number of rotatable bonds is 4. The van der Waals surface area contributed by atoms with Gasteiger partial charge in [0.05, 0.1) is 24.7 Å². The maximum Gasteiger partial charge on any atom is 0.417 e. The van der Waals surface area contributed by atoms with Crippen LogP contribution in [0.3, 0.4) is 0 Å². The molecular weight excluding hydrogens is 320 g/mol. The molecule has 0 bridgehead atoms. The summed E-state index contributed by atoms with van der Waals surface area (Å²) >= 11 is 5.93. The second-order valence-corrected chi connectivity index (χ2v) is 5.35. The number of halogens is 1. The number of ether oxygens (including phenoxy) is 1. The van der Waals surface area contributed by atoms with Crippen LogP contribution in [-0.2, 0) is 11.2 Å². The van der Waals surface area contributed by atoms with Gasteiger partial charge < -0.3 is 14.5 Å². The van der Waals surface area contributed by atoms with Gasteiger partial charge in [-0.25, -0.2) is 4.79 Å². The van der Waals surface area contributed by atoms with Gasteiger partial charge >= 0.3 is 5.76 Å². The zero-order valence-electron chi connectivity index (χ0n) is 12.2. The number of hydrogen-bond acceptors (Lipinski definition) is 4. The summed E-state index contributed by atoms with van der Waals surface area (Å²) in [5, 5.41) is 3.26. The van der Waals surface area contributed by atoms with Crippen LogP contribution in [0, 0.1) is 0 Å². The number of hydrogen-bond donors (Lipinski definition) is 2.